The van der Waals surface area contributed by atoms with Crippen molar-refractivity contribution in [2.45, 2.75) is 31.6 Å². The van der Waals surface area contributed by atoms with Crippen molar-refractivity contribution in [1.29, 1.82) is 0 Å². The topological polar surface area (TPSA) is 29.1 Å². The molecule has 1 rings (SSSR count). The standard InChI is InChI=1S/C13H18BrNO/c1-3-10(2)12(14)13(16)15-9-11-7-5-4-6-8-11/h4-8,10,12H,3,9H2,1-2H3,(H,15,16). The maximum Gasteiger partial charge on any atom is 0.234 e. The van der Waals surface area contributed by atoms with E-state index in [4.69, 9.17) is 0 Å². The number of carbonyl (C=O) groups excluding carboxylic acids is 1. The van der Waals surface area contributed by atoms with Crippen LogP contribution in [0.15, 0.2) is 30.3 Å². The Morgan fingerprint density at radius 2 is 2.00 bits per heavy atom. The molecule has 0 aliphatic rings. The van der Waals surface area contributed by atoms with Crippen LogP contribution >= 0.6 is 15.9 Å². The zero-order valence-electron chi connectivity index (χ0n) is 9.74. The van der Waals surface area contributed by atoms with Gasteiger partial charge < -0.3 is 5.32 Å². The Morgan fingerprint density at radius 3 is 2.56 bits per heavy atom. The second-order valence-corrected chi connectivity index (χ2v) is 4.98. The molecule has 88 valence electrons. The fraction of sp³-hybridized carbons (Fsp3) is 0.462. The predicted molar refractivity (Wildman–Crippen MR) is 70.5 cm³/mol. The van der Waals surface area contributed by atoms with Gasteiger partial charge in [-0.3, -0.25) is 4.79 Å². The number of benzene rings is 1. The van der Waals surface area contributed by atoms with E-state index in [1.54, 1.807) is 0 Å². The average molecular weight is 284 g/mol. The zero-order valence-corrected chi connectivity index (χ0v) is 11.3. The molecule has 1 aromatic carbocycles. The van der Waals surface area contributed by atoms with E-state index in [0.717, 1.165) is 12.0 Å². The van der Waals surface area contributed by atoms with Crippen molar-refractivity contribution in [3.63, 3.8) is 0 Å². The molecule has 0 radical (unpaired) electrons. The van der Waals surface area contributed by atoms with E-state index in [2.05, 4.69) is 35.1 Å². The highest BCUT2D eigenvalue weighted by atomic mass is 79.9. The van der Waals surface area contributed by atoms with Crippen molar-refractivity contribution < 1.29 is 4.79 Å². The van der Waals surface area contributed by atoms with Crippen molar-refractivity contribution in [2.75, 3.05) is 0 Å². The Hall–Kier alpha value is -0.830. The van der Waals surface area contributed by atoms with Gasteiger partial charge in [-0.15, -0.1) is 0 Å². The normalized spacial score (nSPS) is 14.2. The highest BCUT2D eigenvalue weighted by Gasteiger charge is 2.19. The van der Waals surface area contributed by atoms with E-state index >= 15 is 0 Å². The van der Waals surface area contributed by atoms with Crippen molar-refractivity contribution in [2.24, 2.45) is 5.92 Å². The Balaban J connectivity index is 2.41. The summed E-state index contributed by atoms with van der Waals surface area (Å²) in [5.41, 5.74) is 1.12. The number of nitrogens with one attached hydrogen (secondary N) is 1. The van der Waals surface area contributed by atoms with Gasteiger partial charge in [-0.1, -0.05) is 66.5 Å². The van der Waals surface area contributed by atoms with Crippen LogP contribution in [0.4, 0.5) is 0 Å². The number of amides is 1. The predicted octanol–water partition coefficient (Wildman–Crippen LogP) is 3.11. The van der Waals surface area contributed by atoms with Crippen LogP contribution in [0.25, 0.3) is 0 Å². The first-order chi connectivity index (χ1) is 7.65. The number of halogens is 1. The molecule has 0 saturated heterocycles. The number of hydrogen-bond acceptors (Lipinski definition) is 1. The molecule has 0 aliphatic carbocycles. The van der Waals surface area contributed by atoms with E-state index in [9.17, 15) is 4.79 Å². The summed E-state index contributed by atoms with van der Waals surface area (Å²) < 4.78 is 0. The van der Waals surface area contributed by atoms with E-state index in [1.165, 1.54) is 0 Å². The van der Waals surface area contributed by atoms with Gasteiger partial charge in [0.15, 0.2) is 0 Å². The fourth-order valence-corrected chi connectivity index (χ4v) is 1.88. The van der Waals surface area contributed by atoms with Crippen LogP contribution in [0.5, 0.6) is 0 Å². The lowest BCUT2D eigenvalue weighted by molar-refractivity contribution is -0.121. The van der Waals surface area contributed by atoms with Crippen LogP contribution in [0.1, 0.15) is 25.8 Å². The maximum atomic E-state index is 11.8. The zero-order chi connectivity index (χ0) is 12.0. The summed E-state index contributed by atoms with van der Waals surface area (Å²) in [5.74, 6) is 0.425. The fourth-order valence-electron chi connectivity index (χ4n) is 1.35. The average Bonchev–Trinajstić information content (AvgIpc) is 2.35. The third kappa shape index (κ3) is 3.97. The summed E-state index contributed by atoms with van der Waals surface area (Å²) in [6.07, 6.45) is 0.995. The minimum Gasteiger partial charge on any atom is -0.351 e. The Bertz CT molecular complexity index is 326. The molecule has 0 fully saturated rings. The van der Waals surface area contributed by atoms with Crippen LogP contribution in [0.2, 0.25) is 0 Å². The minimum absolute atomic E-state index is 0.0678. The van der Waals surface area contributed by atoms with Crippen molar-refractivity contribution in [3.8, 4) is 0 Å². The van der Waals surface area contributed by atoms with Crippen LogP contribution < -0.4 is 5.32 Å². The molecule has 0 aromatic heterocycles. The van der Waals surface area contributed by atoms with E-state index in [0.29, 0.717) is 12.5 Å². The van der Waals surface area contributed by atoms with Gasteiger partial charge in [0.1, 0.15) is 0 Å². The first kappa shape index (κ1) is 13.2. The van der Waals surface area contributed by atoms with Crippen LogP contribution in [-0.2, 0) is 11.3 Å². The van der Waals surface area contributed by atoms with Crippen molar-refractivity contribution in [1.82, 2.24) is 5.32 Å². The summed E-state index contributed by atoms with van der Waals surface area (Å²) in [5, 5.41) is 2.93. The third-order valence-electron chi connectivity index (χ3n) is 2.70. The Kier molecular flexibility index (Phi) is 5.53. The van der Waals surface area contributed by atoms with E-state index in [-0.39, 0.29) is 10.7 Å². The highest BCUT2D eigenvalue weighted by molar-refractivity contribution is 9.10. The monoisotopic (exact) mass is 283 g/mol. The molecule has 16 heavy (non-hydrogen) atoms. The number of hydrogen-bond donors (Lipinski definition) is 1. The summed E-state index contributed by atoms with van der Waals surface area (Å²) in [7, 11) is 0. The van der Waals surface area contributed by atoms with E-state index < -0.39 is 0 Å². The summed E-state index contributed by atoms with van der Waals surface area (Å²) in [4.78, 5) is 11.7. The second kappa shape index (κ2) is 6.69. The highest BCUT2D eigenvalue weighted by Crippen LogP contribution is 2.16. The lowest BCUT2D eigenvalue weighted by Crippen LogP contribution is -2.34. The maximum absolute atomic E-state index is 11.8. The van der Waals surface area contributed by atoms with Gasteiger partial charge in [0, 0.05) is 6.54 Å². The smallest absolute Gasteiger partial charge is 0.234 e. The van der Waals surface area contributed by atoms with Gasteiger partial charge in [0.25, 0.3) is 0 Å². The van der Waals surface area contributed by atoms with Gasteiger partial charge in [0.05, 0.1) is 4.83 Å². The van der Waals surface area contributed by atoms with Gasteiger partial charge >= 0.3 is 0 Å². The first-order valence-corrected chi connectivity index (χ1v) is 6.52. The Morgan fingerprint density at radius 1 is 1.38 bits per heavy atom. The van der Waals surface area contributed by atoms with Crippen LogP contribution in [0.3, 0.4) is 0 Å². The lowest BCUT2D eigenvalue weighted by Gasteiger charge is -2.16. The second-order valence-electron chi connectivity index (χ2n) is 3.99. The lowest BCUT2D eigenvalue weighted by atomic mass is 10.0. The molecule has 1 amide bonds. The van der Waals surface area contributed by atoms with Gasteiger partial charge in [0.2, 0.25) is 5.91 Å². The molecule has 0 aliphatic heterocycles. The summed E-state index contributed by atoms with van der Waals surface area (Å²) >= 11 is 3.43. The van der Waals surface area contributed by atoms with Crippen molar-refractivity contribution in [3.05, 3.63) is 35.9 Å². The summed E-state index contributed by atoms with van der Waals surface area (Å²) in [6, 6.07) is 9.93. The molecule has 0 heterocycles. The molecule has 1 aromatic rings. The van der Waals surface area contributed by atoms with Gasteiger partial charge in [-0.05, 0) is 11.5 Å². The van der Waals surface area contributed by atoms with Crippen LogP contribution in [0, 0.1) is 5.92 Å². The molecule has 2 unspecified atom stereocenters. The number of carbonyl (C=O) groups is 1. The number of alkyl halides is 1. The number of rotatable bonds is 5. The third-order valence-corrected chi connectivity index (χ3v) is 4.02. The van der Waals surface area contributed by atoms with E-state index in [1.807, 2.05) is 30.3 Å². The molecular weight excluding hydrogens is 266 g/mol. The SMILES string of the molecule is CCC(C)C(Br)C(=O)NCc1ccccc1. The quantitative estimate of drug-likeness (QED) is 0.827. The molecule has 0 bridgehead atoms. The first-order valence-electron chi connectivity index (χ1n) is 5.60. The van der Waals surface area contributed by atoms with Gasteiger partial charge in [-0.2, -0.15) is 0 Å². The molecule has 2 nitrogen and oxygen atoms in total. The van der Waals surface area contributed by atoms with Gasteiger partial charge in [-0.25, -0.2) is 0 Å². The minimum atomic E-state index is -0.0961. The Labute approximate surface area is 106 Å². The molecule has 3 heteroatoms. The molecule has 0 spiro atoms. The largest absolute Gasteiger partial charge is 0.351 e. The molecule has 1 N–H and O–H groups in total. The van der Waals surface area contributed by atoms with Crippen molar-refractivity contribution >= 4 is 21.8 Å². The summed E-state index contributed by atoms with van der Waals surface area (Å²) in [6.45, 7) is 4.75. The molecule has 2 atom stereocenters. The van der Waals surface area contributed by atoms with Crippen LogP contribution in [-0.4, -0.2) is 10.7 Å². The molecule has 0 saturated carbocycles. The molecular formula is C13H18BrNO.